The molecule has 0 radical (unpaired) electrons. The molecule has 5 rings (SSSR count). The van der Waals surface area contributed by atoms with Crippen LogP contribution in [0.5, 0.6) is 0 Å². The van der Waals surface area contributed by atoms with E-state index in [2.05, 4.69) is 10.6 Å². The molecule has 0 unspecified atom stereocenters. The number of hydrogen-bond acceptors (Lipinski definition) is 2. The van der Waals surface area contributed by atoms with E-state index >= 15 is 0 Å². The lowest BCUT2D eigenvalue weighted by Crippen LogP contribution is -2.59. The molecule has 0 heterocycles. The minimum absolute atomic E-state index is 0.0365. The number of nitrogens with one attached hydrogen (secondary N) is 2. The number of amides is 2. The standard InChI is InChI=1S/C20H31ClN2O2/c21-20-10-14-7-15(11-20)9-19(8-14,13-20)18(25)22-12-17(24)23-16-5-3-1-2-4-6-16/h14-16H,1-13H2,(H,22,25)(H,23,24)/t14-,15-,19?,20?/m0/s1. The molecule has 2 N–H and O–H groups in total. The van der Waals surface area contributed by atoms with Gasteiger partial charge in [0.05, 0.1) is 12.0 Å². The van der Waals surface area contributed by atoms with Crippen LogP contribution in [-0.2, 0) is 9.59 Å². The second kappa shape index (κ2) is 6.75. The van der Waals surface area contributed by atoms with E-state index in [1.807, 2.05) is 0 Å². The van der Waals surface area contributed by atoms with E-state index in [4.69, 9.17) is 11.6 Å². The van der Waals surface area contributed by atoms with Crippen molar-refractivity contribution in [3.8, 4) is 0 Å². The third kappa shape index (κ3) is 3.70. The van der Waals surface area contributed by atoms with Gasteiger partial charge in [0, 0.05) is 10.9 Å². The lowest BCUT2D eigenvalue weighted by Gasteiger charge is -2.59. The first-order valence-electron chi connectivity index (χ1n) is 10.2. The number of hydrogen-bond donors (Lipinski definition) is 2. The molecule has 2 amide bonds. The monoisotopic (exact) mass is 366 g/mol. The topological polar surface area (TPSA) is 58.2 Å². The van der Waals surface area contributed by atoms with E-state index in [-0.39, 0.29) is 34.7 Å². The fourth-order valence-corrected chi connectivity index (χ4v) is 7.16. The van der Waals surface area contributed by atoms with Crippen molar-refractivity contribution < 1.29 is 9.59 Å². The van der Waals surface area contributed by atoms with Crippen LogP contribution in [0.4, 0.5) is 0 Å². The van der Waals surface area contributed by atoms with Crippen molar-refractivity contribution in [2.45, 2.75) is 88.0 Å². The van der Waals surface area contributed by atoms with Gasteiger partial charge in [-0.05, 0) is 63.2 Å². The number of carbonyl (C=O) groups is 2. The lowest BCUT2D eigenvalue weighted by molar-refractivity contribution is -0.145. The largest absolute Gasteiger partial charge is 0.352 e. The fourth-order valence-electron chi connectivity index (χ4n) is 6.47. The SMILES string of the molecule is O=C(CNC(=O)C12C[C@@H]3C[C@H](CC(Cl)(C3)C1)C2)NC1CCCCCC1. The first-order valence-corrected chi connectivity index (χ1v) is 10.6. The van der Waals surface area contributed by atoms with Gasteiger partial charge in [-0.1, -0.05) is 25.7 Å². The van der Waals surface area contributed by atoms with Crippen LogP contribution in [0.15, 0.2) is 0 Å². The van der Waals surface area contributed by atoms with Crippen LogP contribution in [0, 0.1) is 17.3 Å². The molecule has 0 aliphatic heterocycles. The Labute approximate surface area is 155 Å². The van der Waals surface area contributed by atoms with Crippen molar-refractivity contribution in [3.05, 3.63) is 0 Å². The average Bonchev–Trinajstić information content (AvgIpc) is 2.79. The van der Waals surface area contributed by atoms with Crippen LogP contribution in [0.1, 0.15) is 77.0 Å². The highest BCUT2D eigenvalue weighted by Crippen LogP contribution is 2.63. The Morgan fingerprint density at radius 3 is 2.20 bits per heavy atom. The highest BCUT2D eigenvalue weighted by molar-refractivity contribution is 6.24. The summed E-state index contributed by atoms with van der Waals surface area (Å²) in [7, 11) is 0. The van der Waals surface area contributed by atoms with Gasteiger partial charge >= 0.3 is 0 Å². The maximum atomic E-state index is 12.9. The van der Waals surface area contributed by atoms with Crippen LogP contribution in [0.2, 0.25) is 0 Å². The highest BCUT2D eigenvalue weighted by Gasteiger charge is 2.60. The van der Waals surface area contributed by atoms with Gasteiger partial charge in [-0.25, -0.2) is 0 Å². The predicted octanol–water partition coefficient (Wildman–Crippen LogP) is 3.52. The van der Waals surface area contributed by atoms with Crippen molar-refractivity contribution in [2.24, 2.45) is 17.3 Å². The third-order valence-electron chi connectivity index (χ3n) is 7.10. The highest BCUT2D eigenvalue weighted by atomic mass is 35.5. The van der Waals surface area contributed by atoms with Crippen LogP contribution >= 0.6 is 11.6 Å². The van der Waals surface area contributed by atoms with Gasteiger partial charge in [0.15, 0.2) is 0 Å². The van der Waals surface area contributed by atoms with E-state index in [0.29, 0.717) is 11.8 Å². The van der Waals surface area contributed by atoms with Gasteiger partial charge in [0.25, 0.3) is 0 Å². The molecule has 4 bridgehead atoms. The molecule has 5 aliphatic rings. The molecular weight excluding hydrogens is 336 g/mol. The van der Waals surface area contributed by atoms with Crippen LogP contribution in [0.25, 0.3) is 0 Å². The van der Waals surface area contributed by atoms with E-state index in [9.17, 15) is 9.59 Å². The Morgan fingerprint density at radius 1 is 0.960 bits per heavy atom. The molecule has 4 nitrogen and oxygen atoms in total. The van der Waals surface area contributed by atoms with E-state index in [1.54, 1.807) is 0 Å². The molecule has 0 saturated heterocycles. The minimum atomic E-state index is -0.311. The van der Waals surface area contributed by atoms with Gasteiger partial charge in [-0.15, -0.1) is 11.6 Å². The van der Waals surface area contributed by atoms with E-state index in [1.165, 1.54) is 32.1 Å². The zero-order valence-electron chi connectivity index (χ0n) is 15.1. The molecular formula is C20H31ClN2O2. The van der Waals surface area contributed by atoms with Crippen molar-refractivity contribution in [1.82, 2.24) is 10.6 Å². The molecule has 5 saturated carbocycles. The van der Waals surface area contributed by atoms with E-state index < -0.39 is 0 Å². The first-order chi connectivity index (χ1) is 12.0. The molecule has 5 heteroatoms. The molecule has 2 atom stereocenters. The summed E-state index contributed by atoms with van der Waals surface area (Å²) in [6, 6.07) is 0.289. The Bertz CT molecular complexity index is 528. The summed E-state index contributed by atoms with van der Waals surface area (Å²) in [6.45, 7) is 0.113. The Morgan fingerprint density at radius 2 is 1.60 bits per heavy atom. The maximum absolute atomic E-state index is 12.9. The quantitative estimate of drug-likeness (QED) is 0.590. The van der Waals surface area contributed by atoms with Crippen LogP contribution in [0.3, 0.4) is 0 Å². The molecule has 0 aromatic rings. The molecule has 0 spiro atoms. The zero-order valence-corrected chi connectivity index (χ0v) is 15.9. The van der Waals surface area contributed by atoms with Crippen molar-refractivity contribution >= 4 is 23.4 Å². The summed E-state index contributed by atoms with van der Waals surface area (Å²) in [4.78, 5) is 25.0. The summed E-state index contributed by atoms with van der Waals surface area (Å²) >= 11 is 6.81. The van der Waals surface area contributed by atoms with Gasteiger partial charge in [0.2, 0.25) is 11.8 Å². The fraction of sp³-hybridized carbons (Fsp3) is 0.900. The number of halogens is 1. The van der Waals surface area contributed by atoms with E-state index in [0.717, 1.165) is 44.9 Å². The molecule has 140 valence electrons. The molecule has 5 aliphatic carbocycles. The first kappa shape index (κ1) is 17.6. The smallest absolute Gasteiger partial charge is 0.239 e. The number of carbonyl (C=O) groups excluding carboxylic acids is 2. The second-order valence-electron chi connectivity index (χ2n) is 9.33. The van der Waals surface area contributed by atoms with Gasteiger partial charge in [-0.3, -0.25) is 9.59 Å². The Hall–Kier alpha value is -0.770. The second-order valence-corrected chi connectivity index (χ2v) is 10.1. The predicted molar refractivity (Wildman–Crippen MR) is 98.3 cm³/mol. The van der Waals surface area contributed by atoms with Crippen molar-refractivity contribution in [1.29, 1.82) is 0 Å². The molecule has 0 aromatic carbocycles. The lowest BCUT2D eigenvalue weighted by atomic mass is 9.49. The molecule has 5 fully saturated rings. The normalized spacial score (nSPS) is 40.5. The molecule has 25 heavy (non-hydrogen) atoms. The summed E-state index contributed by atoms with van der Waals surface area (Å²) < 4.78 is 0. The minimum Gasteiger partial charge on any atom is -0.352 e. The van der Waals surface area contributed by atoms with Crippen LogP contribution < -0.4 is 10.6 Å². The third-order valence-corrected chi connectivity index (χ3v) is 7.54. The number of alkyl halides is 1. The molecule has 0 aromatic heterocycles. The van der Waals surface area contributed by atoms with Crippen molar-refractivity contribution in [3.63, 3.8) is 0 Å². The Kier molecular flexibility index (Phi) is 4.76. The summed E-state index contributed by atoms with van der Waals surface area (Å²) in [5.41, 5.74) is -0.311. The van der Waals surface area contributed by atoms with Crippen LogP contribution in [-0.4, -0.2) is 29.3 Å². The van der Waals surface area contributed by atoms with Gasteiger partial charge < -0.3 is 10.6 Å². The average molecular weight is 367 g/mol. The zero-order chi connectivity index (χ0) is 17.5. The van der Waals surface area contributed by atoms with Gasteiger partial charge in [0.1, 0.15) is 0 Å². The summed E-state index contributed by atoms with van der Waals surface area (Å²) in [5, 5.41) is 6.07. The Balaban J connectivity index is 1.31. The summed E-state index contributed by atoms with van der Waals surface area (Å²) in [5.74, 6) is 1.24. The number of rotatable bonds is 4. The van der Waals surface area contributed by atoms with Crippen molar-refractivity contribution in [2.75, 3.05) is 6.54 Å². The summed E-state index contributed by atoms with van der Waals surface area (Å²) in [6.07, 6.45) is 13.2. The maximum Gasteiger partial charge on any atom is 0.239 e. The van der Waals surface area contributed by atoms with Gasteiger partial charge in [-0.2, -0.15) is 0 Å².